The number of likely N-dealkylation sites (tertiary alicyclic amines) is 1. The molecule has 0 unspecified atom stereocenters. The van der Waals surface area contributed by atoms with E-state index in [2.05, 4.69) is 15.0 Å². The van der Waals surface area contributed by atoms with Crippen LogP contribution in [0.2, 0.25) is 0 Å². The molecule has 2 aliphatic heterocycles. The standard InChI is InChI=1S/C24H22N4O3/c29-22(12-21-18-5-1-2-6-19(18)24(30)31-21)28-11-3-4-17(14-28)23-20(13-26-15-27-23)16-7-9-25-10-8-16/h1-2,5-10,13,15,17,21H,3-4,11-12,14H2/t17-,21+/m1/s1. The van der Waals surface area contributed by atoms with Crippen LogP contribution in [0.1, 0.15) is 52.9 Å². The van der Waals surface area contributed by atoms with E-state index in [1.807, 2.05) is 41.4 Å². The van der Waals surface area contributed by atoms with Crippen molar-refractivity contribution in [2.24, 2.45) is 0 Å². The Kier molecular flexibility index (Phi) is 5.16. The number of hydrogen-bond donors (Lipinski definition) is 0. The van der Waals surface area contributed by atoms with Gasteiger partial charge in [-0.3, -0.25) is 9.78 Å². The number of carbonyl (C=O) groups is 2. The molecule has 7 heteroatoms. The molecule has 0 saturated carbocycles. The summed E-state index contributed by atoms with van der Waals surface area (Å²) >= 11 is 0. The SMILES string of the molecule is O=C1O[C@@H](CC(=O)N2CCC[C@@H](c3ncncc3-c3ccncc3)C2)c2ccccc21. The Morgan fingerprint density at radius 1 is 1.10 bits per heavy atom. The van der Waals surface area contributed by atoms with Gasteiger partial charge in [-0.15, -0.1) is 0 Å². The fourth-order valence-corrected chi connectivity index (χ4v) is 4.50. The van der Waals surface area contributed by atoms with Crippen LogP contribution in [0, 0.1) is 0 Å². The van der Waals surface area contributed by atoms with Crippen molar-refractivity contribution in [3.05, 3.63) is 78.1 Å². The lowest BCUT2D eigenvalue weighted by Gasteiger charge is -2.33. The Bertz CT molecular complexity index is 1120. The maximum absolute atomic E-state index is 13.1. The number of hydrogen-bond acceptors (Lipinski definition) is 6. The van der Waals surface area contributed by atoms with Crippen LogP contribution in [-0.2, 0) is 9.53 Å². The third-order valence-electron chi connectivity index (χ3n) is 6.03. The van der Waals surface area contributed by atoms with E-state index in [4.69, 9.17) is 4.74 Å². The van der Waals surface area contributed by atoms with Gasteiger partial charge in [0, 0.05) is 48.7 Å². The monoisotopic (exact) mass is 414 g/mol. The molecular formula is C24H22N4O3. The molecule has 5 rings (SSSR count). The molecule has 0 radical (unpaired) electrons. The molecule has 3 aromatic rings. The number of amides is 1. The summed E-state index contributed by atoms with van der Waals surface area (Å²) in [6, 6.07) is 11.2. The molecule has 1 saturated heterocycles. The summed E-state index contributed by atoms with van der Waals surface area (Å²) in [5.74, 6) is -0.228. The van der Waals surface area contributed by atoms with Crippen molar-refractivity contribution in [1.29, 1.82) is 0 Å². The number of benzene rings is 1. The van der Waals surface area contributed by atoms with Crippen molar-refractivity contribution in [2.45, 2.75) is 31.3 Å². The van der Waals surface area contributed by atoms with E-state index in [1.54, 1.807) is 24.8 Å². The zero-order valence-electron chi connectivity index (χ0n) is 17.0. The molecule has 0 N–H and O–H groups in total. The minimum absolute atomic E-state index is 0.00118. The van der Waals surface area contributed by atoms with E-state index >= 15 is 0 Å². The summed E-state index contributed by atoms with van der Waals surface area (Å²) in [4.78, 5) is 39.9. The molecule has 2 aliphatic rings. The Labute approximate surface area is 180 Å². The Hall–Kier alpha value is -3.61. The van der Waals surface area contributed by atoms with Crippen LogP contribution < -0.4 is 0 Å². The molecule has 1 amide bonds. The molecule has 2 atom stereocenters. The highest BCUT2D eigenvalue weighted by atomic mass is 16.5. The lowest BCUT2D eigenvalue weighted by molar-refractivity contribution is -0.134. The normalized spacial score (nSPS) is 20.3. The molecule has 0 aliphatic carbocycles. The minimum atomic E-state index is -0.511. The molecule has 2 aromatic heterocycles. The smallest absolute Gasteiger partial charge is 0.339 e. The highest BCUT2D eigenvalue weighted by Gasteiger charge is 2.35. The summed E-state index contributed by atoms with van der Waals surface area (Å²) in [5, 5.41) is 0. The topological polar surface area (TPSA) is 85.3 Å². The zero-order valence-corrected chi connectivity index (χ0v) is 17.0. The number of pyridine rings is 1. The summed E-state index contributed by atoms with van der Waals surface area (Å²) < 4.78 is 5.47. The lowest BCUT2D eigenvalue weighted by Crippen LogP contribution is -2.40. The van der Waals surface area contributed by atoms with E-state index in [9.17, 15) is 9.59 Å². The van der Waals surface area contributed by atoms with E-state index in [0.717, 1.165) is 35.2 Å². The second kappa shape index (κ2) is 8.26. The quantitative estimate of drug-likeness (QED) is 0.607. The van der Waals surface area contributed by atoms with Gasteiger partial charge in [-0.2, -0.15) is 0 Å². The number of carbonyl (C=O) groups excluding carboxylic acids is 2. The van der Waals surface area contributed by atoms with Crippen LogP contribution in [0.15, 0.2) is 61.3 Å². The number of ether oxygens (including phenoxy) is 1. The molecule has 156 valence electrons. The van der Waals surface area contributed by atoms with Gasteiger partial charge in [0.2, 0.25) is 5.91 Å². The van der Waals surface area contributed by atoms with Crippen LogP contribution in [0.5, 0.6) is 0 Å². The van der Waals surface area contributed by atoms with Gasteiger partial charge in [0.15, 0.2) is 0 Å². The maximum atomic E-state index is 13.1. The van der Waals surface area contributed by atoms with Gasteiger partial charge < -0.3 is 9.64 Å². The van der Waals surface area contributed by atoms with Crippen molar-refractivity contribution in [1.82, 2.24) is 19.9 Å². The van der Waals surface area contributed by atoms with Gasteiger partial charge in [0.25, 0.3) is 0 Å². The van der Waals surface area contributed by atoms with Crippen LogP contribution >= 0.6 is 0 Å². The number of nitrogens with zero attached hydrogens (tertiary/aromatic N) is 4. The van der Waals surface area contributed by atoms with Crippen molar-refractivity contribution in [3.63, 3.8) is 0 Å². The summed E-state index contributed by atoms with van der Waals surface area (Å²) in [5.41, 5.74) is 4.30. The number of fused-ring (bicyclic) bond motifs is 1. The van der Waals surface area contributed by atoms with Crippen molar-refractivity contribution < 1.29 is 14.3 Å². The fourth-order valence-electron chi connectivity index (χ4n) is 4.50. The van der Waals surface area contributed by atoms with Crippen LogP contribution in [0.3, 0.4) is 0 Å². The molecular weight excluding hydrogens is 392 g/mol. The fraction of sp³-hybridized carbons (Fsp3) is 0.292. The van der Waals surface area contributed by atoms with Gasteiger partial charge in [-0.25, -0.2) is 14.8 Å². The zero-order chi connectivity index (χ0) is 21.2. The van der Waals surface area contributed by atoms with Crippen LogP contribution in [0.4, 0.5) is 0 Å². The summed E-state index contributed by atoms with van der Waals surface area (Å²) in [7, 11) is 0. The van der Waals surface area contributed by atoms with Gasteiger partial charge >= 0.3 is 5.97 Å². The first kappa shape index (κ1) is 19.4. The van der Waals surface area contributed by atoms with Crippen LogP contribution in [-0.4, -0.2) is 44.8 Å². The Morgan fingerprint density at radius 2 is 1.94 bits per heavy atom. The molecule has 0 bridgehead atoms. The number of rotatable bonds is 4. The highest BCUT2D eigenvalue weighted by Crippen LogP contribution is 2.35. The second-order valence-electron chi connectivity index (χ2n) is 7.92. The average Bonchev–Trinajstić information content (AvgIpc) is 3.15. The van der Waals surface area contributed by atoms with Crippen LogP contribution in [0.25, 0.3) is 11.1 Å². The molecule has 0 spiro atoms. The number of cyclic esters (lactones) is 1. The first-order chi connectivity index (χ1) is 15.2. The average molecular weight is 414 g/mol. The first-order valence-corrected chi connectivity index (χ1v) is 10.5. The molecule has 1 fully saturated rings. The predicted octanol–water partition coefficient (Wildman–Crippen LogP) is 3.55. The van der Waals surface area contributed by atoms with E-state index < -0.39 is 6.10 Å². The van der Waals surface area contributed by atoms with E-state index in [-0.39, 0.29) is 24.2 Å². The lowest BCUT2D eigenvalue weighted by atomic mass is 9.90. The predicted molar refractivity (Wildman–Crippen MR) is 113 cm³/mol. The third kappa shape index (κ3) is 3.79. The first-order valence-electron chi connectivity index (χ1n) is 10.5. The maximum Gasteiger partial charge on any atom is 0.339 e. The number of esters is 1. The van der Waals surface area contributed by atoms with Crippen molar-refractivity contribution in [2.75, 3.05) is 13.1 Å². The molecule has 31 heavy (non-hydrogen) atoms. The number of aromatic nitrogens is 3. The second-order valence-corrected chi connectivity index (χ2v) is 7.92. The molecule has 4 heterocycles. The third-order valence-corrected chi connectivity index (χ3v) is 6.03. The van der Waals surface area contributed by atoms with Gasteiger partial charge in [-0.05, 0) is 36.6 Å². The Morgan fingerprint density at radius 3 is 2.81 bits per heavy atom. The van der Waals surface area contributed by atoms with E-state index in [1.165, 1.54) is 0 Å². The molecule has 1 aromatic carbocycles. The number of piperidine rings is 1. The van der Waals surface area contributed by atoms with Crippen molar-refractivity contribution >= 4 is 11.9 Å². The van der Waals surface area contributed by atoms with Gasteiger partial charge in [0.05, 0.1) is 17.7 Å². The van der Waals surface area contributed by atoms with E-state index in [0.29, 0.717) is 18.7 Å². The van der Waals surface area contributed by atoms with Gasteiger partial charge in [-0.1, -0.05) is 18.2 Å². The Balaban J connectivity index is 1.33. The minimum Gasteiger partial charge on any atom is -0.453 e. The van der Waals surface area contributed by atoms with Gasteiger partial charge in [0.1, 0.15) is 12.4 Å². The summed E-state index contributed by atoms with van der Waals surface area (Å²) in [6.07, 6.45) is 8.41. The van der Waals surface area contributed by atoms with Crippen molar-refractivity contribution in [3.8, 4) is 11.1 Å². The largest absolute Gasteiger partial charge is 0.453 e. The highest BCUT2D eigenvalue weighted by molar-refractivity contribution is 5.94. The molecule has 7 nitrogen and oxygen atoms in total. The summed E-state index contributed by atoms with van der Waals surface area (Å²) in [6.45, 7) is 1.30.